The van der Waals surface area contributed by atoms with Crippen molar-refractivity contribution >= 4 is 50.2 Å². The van der Waals surface area contributed by atoms with Gasteiger partial charge in [-0.15, -0.1) is 0 Å². The summed E-state index contributed by atoms with van der Waals surface area (Å²) in [4.78, 5) is 47.8. The summed E-state index contributed by atoms with van der Waals surface area (Å²) in [5.74, 6) is -0.0126. The van der Waals surface area contributed by atoms with Gasteiger partial charge in [0.15, 0.2) is 9.84 Å². The van der Waals surface area contributed by atoms with E-state index in [-0.39, 0.29) is 34.8 Å². The van der Waals surface area contributed by atoms with Crippen LogP contribution in [0.1, 0.15) is 48.2 Å². The van der Waals surface area contributed by atoms with E-state index in [1.165, 1.54) is 24.3 Å². The average Bonchev–Trinajstić information content (AvgIpc) is 3.58. The van der Waals surface area contributed by atoms with Gasteiger partial charge in [-0.25, -0.2) is 13.4 Å². The second-order valence-electron chi connectivity index (χ2n) is 10.8. The number of anilines is 1. The van der Waals surface area contributed by atoms with E-state index in [9.17, 15) is 22.8 Å². The number of fused-ring (bicyclic) bond motifs is 1. The standard InChI is InChI=1S/C30H35N5O6S/c1-20-17-22-18-23(10-13-26(22)41-20)31-30(33-28(37)21-8-11-24(12-9-21)42(2,39)40)32-25-7-3-4-16-35(29(25)38)19-27(36)34-14-5-6-15-34/h8-13,17-18,25H,3-7,14-16,19H2,1-2H3,(H2,31,32,33,37). The second kappa shape index (κ2) is 12.4. The molecule has 11 nitrogen and oxygen atoms in total. The van der Waals surface area contributed by atoms with Gasteiger partial charge in [-0.3, -0.25) is 19.7 Å². The first kappa shape index (κ1) is 29.3. The van der Waals surface area contributed by atoms with Gasteiger partial charge in [-0.05, 0) is 87.6 Å². The highest BCUT2D eigenvalue weighted by Crippen LogP contribution is 2.23. The van der Waals surface area contributed by atoms with E-state index in [2.05, 4.69) is 15.6 Å². The fourth-order valence-corrected chi connectivity index (χ4v) is 5.90. The van der Waals surface area contributed by atoms with Crippen LogP contribution in [0.5, 0.6) is 0 Å². The van der Waals surface area contributed by atoms with Gasteiger partial charge in [-0.1, -0.05) is 0 Å². The Morgan fingerprint density at radius 1 is 1.00 bits per heavy atom. The second-order valence-corrected chi connectivity index (χ2v) is 12.8. The van der Waals surface area contributed by atoms with Crippen LogP contribution >= 0.6 is 0 Å². The molecule has 0 radical (unpaired) electrons. The first-order valence-electron chi connectivity index (χ1n) is 14.1. The third kappa shape index (κ3) is 6.99. The van der Waals surface area contributed by atoms with E-state index < -0.39 is 21.8 Å². The molecular weight excluding hydrogens is 558 g/mol. The van der Waals surface area contributed by atoms with E-state index in [1.807, 2.05) is 19.1 Å². The summed E-state index contributed by atoms with van der Waals surface area (Å²) in [6, 6.07) is 12.1. The van der Waals surface area contributed by atoms with Gasteiger partial charge >= 0.3 is 0 Å². The van der Waals surface area contributed by atoms with Crippen LogP contribution in [0.4, 0.5) is 5.69 Å². The topological polar surface area (TPSA) is 141 Å². The maximum absolute atomic E-state index is 13.6. The Morgan fingerprint density at radius 2 is 1.71 bits per heavy atom. The van der Waals surface area contributed by atoms with Crippen LogP contribution in [-0.2, 0) is 19.4 Å². The summed E-state index contributed by atoms with van der Waals surface area (Å²) in [5.41, 5.74) is 1.56. The largest absolute Gasteiger partial charge is 0.461 e. The van der Waals surface area contributed by atoms with Crippen LogP contribution in [0.15, 0.2) is 62.8 Å². The fraction of sp³-hybridized carbons (Fsp3) is 0.400. The van der Waals surface area contributed by atoms with Crippen molar-refractivity contribution in [2.75, 3.05) is 37.8 Å². The molecule has 1 unspecified atom stereocenters. The Hall–Kier alpha value is -4.19. The number of nitrogens with zero attached hydrogens (tertiary/aromatic N) is 3. The SMILES string of the molecule is Cc1cc2cc(NC(=NC3CCCCN(CC(=O)N4CCCC4)C3=O)NC(=O)c3ccc(S(C)(=O)=O)cc3)ccc2o1. The number of benzene rings is 2. The number of amides is 3. The lowest BCUT2D eigenvalue weighted by molar-refractivity contribution is -0.140. The quantitative estimate of drug-likeness (QED) is 0.330. The van der Waals surface area contributed by atoms with Crippen molar-refractivity contribution in [2.45, 2.75) is 50.0 Å². The van der Waals surface area contributed by atoms with Gasteiger partial charge in [0.05, 0.1) is 11.4 Å². The van der Waals surface area contributed by atoms with Crippen LogP contribution < -0.4 is 10.6 Å². The van der Waals surface area contributed by atoms with Crippen LogP contribution in [0.25, 0.3) is 11.0 Å². The highest BCUT2D eigenvalue weighted by atomic mass is 32.2. The van der Waals surface area contributed by atoms with E-state index in [0.717, 1.165) is 43.1 Å². The lowest BCUT2D eigenvalue weighted by atomic mass is 10.1. The van der Waals surface area contributed by atoms with Gasteiger partial charge in [0.2, 0.25) is 17.8 Å². The van der Waals surface area contributed by atoms with Crippen LogP contribution in [0, 0.1) is 6.92 Å². The summed E-state index contributed by atoms with van der Waals surface area (Å²) in [5, 5.41) is 6.76. The molecule has 1 aromatic heterocycles. The number of hydrogen-bond donors (Lipinski definition) is 2. The van der Waals surface area contributed by atoms with E-state index >= 15 is 0 Å². The van der Waals surface area contributed by atoms with Crippen molar-refractivity contribution in [2.24, 2.45) is 4.99 Å². The zero-order chi connectivity index (χ0) is 29.9. The minimum Gasteiger partial charge on any atom is -0.461 e. The molecule has 2 N–H and O–H groups in total. The average molecular weight is 594 g/mol. The van der Waals surface area contributed by atoms with E-state index in [4.69, 9.17) is 4.42 Å². The van der Waals surface area contributed by atoms with Gasteiger partial charge in [0.25, 0.3) is 5.91 Å². The van der Waals surface area contributed by atoms with Gasteiger partial charge in [0, 0.05) is 42.5 Å². The third-order valence-corrected chi connectivity index (χ3v) is 8.63. The fourth-order valence-electron chi connectivity index (χ4n) is 5.27. The van der Waals surface area contributed by atoms with Gasteiger partial charge in [0.1, 0.15) is 17.4 Å². The number of guanidine groups is 1. The van der Waals surface area contributed by atoms with Crippen molar-refractivity contribution in [3.63, 3.8) is 0 Å². The molecule has 0 spiro atoms. The summed E-state index contributed by atoms with van der Waals surface area (Å²) in [6.07, 6.45) is 5.01. The molecule has 5 rings (SSSR count). The predicted molar refractivity (Wildman–Crippen MR) is 159 cm³/mol. The smallest absolute Gasteiger partial charge is 0.257 e. The number of carbonyl (C=O) groups is 3. The molecule has 2 aliphatic rings. The number of carbonyl (C=O) groups excluding carboxylic acids is 3. The molecule has 2 saturated heterocycles. The van der Waals surface area contributed by atoms with Gasteiger partial charge in [-0.2, -0.15) is 0 Å². The minimum atomic E-state index is -3.42. The molecule has 0 aliphatic carbocycles. The maximum atomic E-state index is 13.6. The monoisotopic (exact) mass is 593 g/mol. The highest BCUT2D eigenvalue weighted by molar-refractivity contribution is 7.90. The Kier molecular flexibility index (Phi) is 8.62. The number of hydrogen-bond acceptors (Lipinski definition) is 7. The van der Waals surface area contributed by atoms with E-state index in [0.29, 0.717) is 37.3 Å². The lowest BCUT2D eigenvalue weighted by Crippen LogP contribution is -2.45. The Morgan fingerprint density at radius 3 is 2.43 bits per heavy atom. The van der Waals surface area contributed by atoms with Crippen LogP contribution in [-0.4, -0.2) is 80.4 Å². The number of furan rings is 1. The van der Waals surface area contributed by atoms with Crippen molar-refractivity contribution in [1.29, 1.82) is 0 Å². The minimum absolute atomic E-state index is 0.0170. The Bertz CT molecular complexity index is 1620. The maximum Gasteiger partial charge on any atom is 0.257 e. The van der Waals surface area contributed by atoms with Gasteiger partial charge < -0.3 is 19.5 Å². The molecular formula is C30H35N5O6S. The highest BCUT2D eigenvalue weighted by Gasteiger charge is 2.30. The lowest BCUT2D eigenvalue weighted by Gasteiger charge is -2.25. The predicted octanol–water partition coefficient (Wildman–Crippen LogP) is 3.35. The first-order chi connectivity index (χ1) is 20.1. The summed E-state index contributed by atoms with van der Waals surface area (Å²) < 4.78 is 29.3. The summed E-state index contributed by atoms with van der Waals surface area (Å²) >= 11 is 0. The van der Waals surface area contributed by atoms with Crippen molar-refractivity contribution in [3.05, 3.63) is 59.9 Å². The number of likely N-dealkylation sites (tertiary alicyclic amines) is 2. The number of sulfone groups is 1. The number of rotatable bonds is 6. The number of nitrogens with one attached hydrogen (secondary N) is 2. The molecule has 1 atom stereocenters. The van der Waals surface area contributed by atoms with Crippen LogP contribution in [0.2, 0.25) is 0 Å². The third-order valence-electron chi connectivity index (χ3n) is 7.50. The van der Waals surface area contributed by atoms with Crippen molar-refractivity contribution in [3.8, 4) is 0 Å². The number of aryl methyl sites for hydroxylation is 1. The Balaban J connectivity index is 1.40. The number of aliphatic imine (C=N–C) groups is 1. The molecule has 2 fully saturated rings. The molecule has 0 bridgehead atoms. The Labute approximate surface area is 244 Å². The molecule has 42 heavy (non-hydrogen) atoms. The summed E-state index contributed by atoms with van der Waals surface area (Å²) in [6.45, 7) is 3.78. The van der Waals surface area contributed by atoms with Crippen LogP contribution in [0.3, 0.4) is 0 Å². The zero-order valence-corrected chi connectivity index (χ0v) is 24.6. The molecule has 3 amide bonds. The molecule has 2 aromatic carbocycles. The van der Waals surface area contributed by atoms with E-state index in [1.54, 1.807) is 21.9 Å². The molecule has 222 valence electrons. The first-order valence-corrected chi connectivity index (χ1v) is 16.0. The summed E-state index contributed by atoms with van der Waals surface area (Å²) in [7, 11) is -3.42. The molecule has 2 aliphatic heterocycles. The van der Waals surface area contributed by atoms with Crippen molar-refractivity contribution < 1.29 is 27.2 Å². The normalized spacial score (nSPS) is 18.3. The zero-order valence-electron chi connectivity index (χ0n) is 23.8. The molecule has 3 aromatic rings. The molecule has 12 heteroatoms. The molecule has 3 heterocycles. The molecule has 0 saturated carbocycles. The van der Waals surface area contributed by atoms with Crippen molar-refractivity contribution in [1.82, 2.24) is 15.1 Å².